The van der Waals surface area contributed by atoms with Gasteiger partial charge in [0.1, 0.15) is 10.0 Å². The van der Waals surface area contributed by atoms with E-state index in [9.17, 15) is 8.42 Å². The fourth-order valence-electron chi connectivity index (χ4n) is 1.61. The average Bonchev–Trinajstić information content (AvgIpc) is 2.60. The van der Waals surface area contributed by atoms with Crippen molar-refractivity contribution in [2.75, 3.05) is 27.8 Å². The van der Waals surface area contributed by atoms with Crippen molar-refractivity contribution < 1.29 is 17.9 Å². The molecule has 0 aliphatic heterocycles. The Bertz CT molecular complexity index is 539. The Balaban J connectivity index is 3.10. The maximum atomic E-state index is 12.4. The largest absolute Gasteiger partial charge is 0.355 e. The lowest BCUT2D eigenvalue weighted by atomic mass is 10.5. The number of aromatic nitrogens is 2. The predicted octanol–water partition coefficient (Wildman–Crippen LogP) is 0.621. The van der Waals surface area contributed by atoms with E-state index in [1.54, 1.807) is 14.0 Å². The van der Waals surface area contributed by atoms with Crippen LogP contribution in [0.5, 0.6) is 0 Å². The highest BCUT2D eigenvalue weighted by Crippen LogP contribution is 2.26. The van der Waals surface area contributed by atoms with Gasteiger partial charge in [-0.2, -0.15) is 9.40 Å². The van der Waals surface area contributed by atoms with Crippen molar-refractivity contribution >= 4 is 21.6 Å². The smallest absolute Gasteiger partial charge is 0.247 e. The van der Waals surface area contributed by atoms with Crippen LogP contribution < -0.4 is 0 Å². The minimum Gasteiger partial charge on any atom is -0.355 e. The van der Waals surface area contributed by atoms with Crippen LogP contribution >= 0.6 is 11.6 Å². The molecule has 0 aliphatic rings. The topological polar surface area (TPSA) is 73.7 Å². The normalized spacial score (nSPS) is 12.6. The number of nitrogens with zero attached hydrogens (tertiary/aromatic N) is 3. The number of aryl methyl sites for hydroxylation is 2. The van der Waals surface area contributed by atoms with E-state index in [0.717, 1.165) is 4.31 Å². The van der Waals surface area contributed by atoms with E-state index in [-0.39, 0.29) is 16.6 Å². The number of sulfonamides is 1. The summed E-state index contributed by atoms with van der Waals surface area (Å²) < 4.78 is 37.3. The van der Waals surface area contributed by atoms with Crippen LogP contribution in [0.3, 0.4) is 0 Å². The summed E-state index contributed by atoms with van der Waals surface area (Å²) in [5.41, 5.74) is 0.353. The van der Waals surface area contributed by atoms with Gasteiger partial charge in [0.05, 0.1) is 12.2 Å². The highest BCUT2D eigenvalue weighted by atomic mass is 35.5. The Morgan fingerprint density at radius 2 is 1.95 bits per heavy atom. The van der Waals surface area contributed by atoms with Gasteiger partial charge in [0.25, 0.3) is 0 Å². The third-order valence-electron chi connectivity index (χ3n) is 2.70. The van der Waals surface area contributed by atoms with Crippen molar-refractivity contribution in [2.45, 2.75) is 18.1 Å². The molecule has 0 spiro atoms. The standard InChI is InChI=1S/C10H18ClN3O4S/c1-7-9(10(11)14(3)12-7)19(15,16)13(2)6-8(17-4)18-5/h8H,6H2,1-5H3. The molecule has 110 valence electrons. The van der Waals surface area contributed by atoms with Crippen molar-refractivity contribution in [1.29, 1.82) is 0 Å². The van der Waals surface area contributed by atoms with Crippen molar-refractivity contribution in [3.63, 3.8) is 0 Å². The first kappa shape index (κ1) is 16.4. The summed E-state index contributed by atoms with van der Waals surface area (Å²) in [6.45, 7) is 1.65. The van der Waals surface area contributed by atoms with E-state index < -0.39 is 16.3 Å². The summed E-state index contributed by atoms with van der Waals surface area (Å²) in [6, 6.07) is 0. The molecular weight excluding hydrogens is 294 g/mol. The molecule has 0 saturated carbocycles. The molecule has 0 aromatic carbocycles. The molecule has 0 saturated heterocycles. The van der Waals surface area contributed by atoms with Gasteiger partial charge in [-0.05, 0) is 6.92 Å². The van der Waals surface area contributed by atoms with Gasteiger partial charge < -0.3 is 9.47 Å². The zero-order valence-corrected chi connectivity index (χ0v) is 13.1. The monoisotopic (exact) mass is 311 g/mol. The van der Waals surface area contributed by atoms with Gasteiger partial charge in [-0.1, -0.05) is 11.6 Å². The summed E-state index contributed by atoms with van der Waals surface area (Å²) in [5.74, 6) is 0. The van der Waals surface area contributed by atoms with Gasteiger partial charge in [-0.15, -0.1) is 0 Å². The van der Waals surface area contributed by atoms with E-state index in [1.165, 1.54) is 25.9 Å². The Morgan fingerprint density at radius 1 is 1.42 bits per heavy atom. The van der Waals surface area contributed by atoms with E-state index in [0.29, 0.717) is 5.69 Å². The third-order valence-corrected chi connectivity index (χ3v) is 5.22. The van der Waals surface area contributed by atoms with Gasteiger partial charge in [0.15, 0.2) is 6.29 Å². The van der Waals surface area contributed by atoms with Crippen molar-refractivity contribution in [1.82, 2.24) is 14.1 Å². The van der Waals surface area contributed by atoms with Crippen LogP contribution in [0.2, 0.25) is 5.15 Å². The number of methoxy groups -OCH3 is 2. The van der Waals surface area contributed by atoms with Crippen molar-refractivity contribution in [2.24, 2.45) is 7.05 Å². The quantitative estimate of drug-likeness (QED) is 0.720. The second-order valence-electron chi connectivity index (χ2n) is 4.02. The van der Waals surface area contributed by atoms with Crippen molar-refractivity contribution in [3.8, 4) is 0 Å². The first-order valence-corrected chi connectivity index (χ1v) is 7.28. The predicted molar refractivity (Wildman–Crippen MR) is 70.6 cm³/mol. The minimum atomic E-state index is -3.74. The van der Waals surface area contributed by atoms with Crippen LogP contribution in [0.1, 0.15) is 5.69 Å². The second kappa shape index (κ2) is 6.19. The van der Waals surface area contributed by atoms with Gasteiger partial charge in [-0.25, -0.2) is 8.42 Å². The zero-order chi connectivity index (χ0) is 14.8. The third kappa shape index (κ3) is 3.26. The fraction of sp³-hybridized carbons (Fsp3) is 0.700. The van der Waals surface area contributed by atoms with Gasteiger partial charge in [-0.3, -0.25) is 4.68 Å². The SMILES string of the molecule is COC(CN(C)S(=O)(=O)c1c(C)nn(C)c1Cl)OC. The Hall–Kier alpha value is -0.670. The van der Waals surface area contributed by atoms with Crippen LogP contribution in [-0.4, -0.2) is 56.6 Å². The summed E-state index contributed by atoms with van der Waals surface area (Å²) in [5, 5.41) is 4.07. The maximum Gasteiger partial charge on any atom is 0.247 e. The van der Waals surface area contributed by atoms with Gasteiger partial charge in [0, 0.05) is 28.3 Å². The molecule has 0 amide bonds. The molecule has 0 fully saturated rings. The van der Waals surface area contributed by atoms with Gasteiger partial charge in [0.2, 0.25) is 10.0 Å². The number of hydrogen-bond donors (Lipinski definition) is 0. The lowest BCUT2D eigenvalue weighted by molar-refractivity contribution is -0.106. The molecule has 1 aromatic rings. The van der Waals surface area contributed by atoms with Crippen LogP contribution in [0.15, 0.2) is 4.90 Å². The van der Waals surface area contributed by atoms with Crippen molar-refractivity contribution in [3.05, 3.63) is 10.8 Å². The summed E-state index contributed by atoms with van der Waals surface area (Å²) in [6.07, 6.45) is -0.643. The van der Waals surface area contributed by atoms with E-state index in [2.05, 4.69) is 5.10 Å². The lowest BCUT2D eigenvalue weighted by Gasteiger charge is -2.21. The number of halogens is 1. The Morgan fingerprint density at radius 3 is 2.32 bits per heavy atom. The first-order chi connectivity index (χ1) is 8.75. The second-order valence-corrected chi connectivity index (χ2v) is 6.36. The molecule has 0 aliphatic carbocycles. The van der Waals surface area contributed by atoms with Gasteiger partial charge >= 0.3 is 0 Å². The zero-order valence-electron chi connectivity index (χ0n) is 11.5. The molecular formula is C10H18ClN3O4S. The van der Waals surface area contributed by atoms with E-state index >= 15 is 0 Å². The number of likely N-dealkylation sites (N-methyl/N-ethyl adjacent to an activating group) is 1. The van der Waals surface area contributed by atoms with Crippen LogP contribution in [0.4, 0.5) is 0 Å². The molecule has 1 aromatic heterocycles. The first-order valence-electron chi connectivity index (χ1n) is 5.46. The molecule has 1 heterocycles. The molecule has 0 atom stereocenters. The Kier molecular flexibility index (Phi) is 5.34. The lowest BCUT2D eigenvalue weighted by Crippen LogP contribution is -2.36. The summed E-state index contributed by atoms with van der Waals surface area (Å²) in [7, 11) is 2.16. The molecule has 7 nitrogen and oxygen atoms in total. The average molecular weight is 312 g/mol. The Labute approximate surface area is 118 Å². The molecule has 19 heavy (non-hydrogen) atoms. The minimum absolute atomic E-state index is 0.00474. The maximum absolute atomic E-state index is 12.4. The molecule has 0 N–H and O–H groups in total. The summed E-state index contributed by atoms with van der Waals surface area (Å²) >= 11 is 5.98. The van der Waals surface area contributed by atoms with Crippen LogP contribution in [0, 0.1) is 6.92 Å². The molecule has 0 radical (unpaired) electrons. The van der Waals surface area contributed by atoms with Crippen LogP contribution in [-0.2, 0) is 26.5 Å². The molecule has 0 bridgehead atoms. The fourth-order valence-corrected chi connectivity index (χ4v) is 3.47. The van der Waals surface area contributed by atoms with E-state index in [1.807, 2.05) is 0 Å². The molecule has 0 unspecified atom stereocenters. The highest BCUT2D eigenvalue weighted by molar-refractivity contribution is 7.89. The highest BCUT2D eigenvalue weighted by Gasteiger charge is 2.30. The van der Waals surface area contributed by atoms with E-state index in [4.69, 9.17) is 21.1 Å². The van der Waals surface area contributed by atoms with Crippen LogP contribution in [0.25, 0.3) is 0 Å². The summed E-state index contributed by atoms with van der Waals surface area (Å²) in [4.78, 5) is 0.00474. The number of rotatable bonds is 6. The molecule has 9 heteroatoms. The number of ether oxygens (including phenoxy) is 2. The number of hydrogen-bond acceptors (Lipinski definition) is 5. The molecule has 1 rings (SSSR count).